The summed E-state index contributed by atoms with van der Waals surface area (Å²) in [7, 11) is 3.88. The van der Waals surface area contributed by atoms with Gasteiger partial charge in [0.05, 0.1) is 17.8 Å². The molecule has 1 aromatic carbocycles. The number of phenolic OH excluding ortho intramolecular Hbond substituents is 1. The van der Waals surface area contributed by atoms with Crippen LogP contribution in [-0.2, 0) is 17.9 Å². The molecule has 0 radical (unpaired) electrons. The van der Waals surface area contributed by atoms with Gasteiger partial charge >= 0.3 is 0 Å². The van der Waals surface area contributed by atoms with E-state index in [0.717, 1.165) is 27.6 Å². The van der Waals surface area contributed by atoms with Gasteiger partial charge in [0.1, 0.15) is 11.4 Å². The minimum atomic E-state index is -1.75. The van der Waals surface area contributed by atoms with Crippen LogP contribution in [0.1, 0.15) is 44.0 Å². The highest BCUT2D eigenvalue weighted by atomic mass is 16.3. The van der Waals surface area contributed by atoms with Gasteiger partial charge in [0.25, 0.3) is 0 Å². The maximum Gasteiger partial charge on any atom is 0.165 e. The summed E-state index contributed by atoms with van der Waals surface area (Å²) >= 11 is 0. The molecule has 0 saturated carbocycles. The highest BCUT2D eigenvalue weighted by Gasteiger charge is 2.37. The van der Waals surface area contributed by atoms with Gasteiger partial charge in [-0.25, -0.2) is 4.98 Å². The monoisotopic (exact) mass is 451 g/mol. The van der Waals surface area contributed by atoms with Crippen molar-refractivity contribution in [2.24, 2.45) is 0 Å². The van der Waals surface area contributed by atoms with Gasteiger partial charge in [-0.05, 0) is 69.3 Å². The molecule has 1 aromatic heterocycles. The first-order chi connectivity index (χ1) is 15.5. The van der Waals surface area contributed by atoms with Crippen LogP contribution in [0.3, 0.4) is 0 Å². The Kier molecular flexibility index (Phi) is 7.07. The Hall–Kier alpha value is -3.00. The van der Waals surface area contributed by atoms with E-state index in [-0.39, 0.29) is 18.8 Å². The zero-order valence-electron chi connectivity index (χ0n) is 20.0. The van der Waals surface area contributed by atoms with E-state index in [4.69, 9.17) is 4.98 Å². The number of carbonyl (C=O) groups is 1. The summed E-state index contributed by atoms with van der Waals surface area (Å²) in [4.78, 5) is 19.3. The number of phenols is 1. The quantitative estimate of drug-likeness (QED) is 0.535. The maximum atomic E-state index is 12.4. The Balaban J connectivity index is 2.31. The molecular weight excluding hydrogens is 418 g/mol. The number of hydrogen-bond donors (Lipinski definition) is 4. The molecule has 7 heteroatoms. The fourth-order valence-corrected chi connectivity index (χ4v) is 4.31. The number of aromatic nitrogens is 1. The summed E-state index contributed by atoms with van der Waals surface area (Å²) in [5.74, 6) is -0.191. The van der Waals surface area contributed by atoms with Crippen molar-refractivity contribution in [3.63, 3.8) is 0 Å². The van der Waals surface area contributed by atoms with Crippen LogP contribution in [0.25, 0.3) is 16.5 Å². The van der Waals surface area contributed by atoms with Crippen molar-refractivity contribution < 1.29 is 20.1 Å². The average Bonchev–Trinajstić information content (AvgIpc) is 2.81. The zero-order chi connectivity index (χ0) is 24.5. The summed E-state index contributed by atoms with van der Waals surface area (Å²) in [6, 6.07) is 5.44. The van der Waals surface area contributed by atoms with E-state index in [1.165, 1.54) is 6.92 Å². The van der Waals surface area contributed by atoms with Gasteiger partial charge in [0, 0.05) is 35.3 Å². The first kappa shape index (κ1) is 24.6. The standard InChI is InChI=1S/C26H33N3O4/c1-7-26(33,17(4)31)22-10-15(2)25-18(12-27-16(3)21(22)14-30)11-19-20(13-29(5)6)24(32)9-8-23(19)28-25/h8-11,27,30,32-33H,3,7,12-14H2,1-2,4-6H3/b15-10+,22-21?. The minimum Gasteiger partial charge on any atom is -0.508 e. The number of nitrogens with zero attached hydrogens (tertiary/aromatic N) is 2. The summed E-state index contributed by atoms with van der Waals surface area (Å²) in [5, 5.41) is 35.9. The van der Waals surface area contributed by atoms with Gasteiger partial charge in [-0.2, -0.15) is 0 Å². The average molecular weight is 452 g/mol. The molecule has 33 heavy (non-hydrogen) atoms. The van der Waals surface area contributed by atoms with Crippen LogP contribution >= 0.6 is 0 Å². The molecule has 0 bridgehead atoms. The lowest BCUT2D eigenvalue weighted by molar-refractivity contribution is -0.131. The molecule has 0 aliphatic carbocycles. The van der Waals surface area contributed by atoms with E-state index in [1.54, 1.807) is 25.1 Å². The first-order valence-electron chi connectivity index (χ1n) is 11.0. The van der Waals surface area contributed by atoms with E-state index in [0.29, 0.717) is 35.6 Å². The number of pyridine rings is 1. The van der Waals surface area contributed by atoms with E-state index < -0.39 is 11.4 Å². The summed E-state index contributed by atoms with van der Waals surface area (Å²) in [5.41, 5.74) is 3.25. The number of benzene rings is 1. The van der Waals surface area contributed by atoms with E-state index in [9.17, 15) is 20.1 Å². The Labute approximate surface area is 194 Å². The molecule has 176 valence electrons. The number of allylic oxidation sites excluding steroid dienone is 1. The van der Waals surface area contributed by atoms with Crippen molar-refractivity contribution in [1.82, 2.24) is 15.2 Å². The molecule has 0 amide bonds. The Morgan fingerprint density at radius 3 is 2.61 bits per heavy atom. The number of carbonyl (C=O) groups excluding carboxylic acids is 1. The third kappa shape index (κ3) is 4.57. The number of Topliss-reactive ketones (excluding diaryl/α,β-unsaturated/α-hetero) is 1. The molecule has 2 aromatic rings. The molecule has 1 unspecified atom stereocenters. The predicted molar refractivity (Wildman–Crippen MR) is 130 cm³/mol. The van der Waals surface area contributed by atoms with Crippen molar-refractivity contribution in [3.8, 4) is 5.75 Å². The van der Waals surface area contributed by atoms with Crippen molar-refractivity contribution in [2.75, 3.05) is 20.7 Å². The van der Waals surface area contributed by atoms with Crippen LogP contribution in [0.15, 0.2) is 47.7 Å². The summed E-state index contributed by atoms with van der Waals surface area (Å²) in [6.07, 6.45) is 1.89. The number of hydrogen-bond acceptors (Lipinski definition) is 7. The molecule has 7 nitrogen and oxygen atoms in total. The summed E-state index contributed by atoms with van der Waals surface area (Å²) in [6.45, 7) is 9.55. The minimum absolute atomic E-state index is 0.156. The predicted octanol–water partition coefficient (Wildman–Crippen LogP) is 3.04. The van der Waals surface area contributed by atoms with Crippen molar-refractivity contribution in [3.05, 3.63) is 64.5 Å². The topological polar surface area (TPSA) is 106 Å². The molecule has 4 N–H and O–H groups in total. The van der Waals surface area contributed by atoms with Crippen LogP contribution in [0.5, 0.6) is 5.75 Å². The normalized spacial score (nSPS) is 18.1. The smallest absolute Gasteiger partial charge is 0.165 e. The van der Waals surface area contributed by atoms with Gasteiger partial charge in [-0.15, -0.1) is 0 Å². The highest BCUT2D eigenvalue weighted by molar-refractivity contribution is 5.91. The lowest BCUT2D eigenvalue weighted by Gasteiger charge is -2.28. The molecular formula is C26H33N3O4. The Morgan fingerprint density at radius 2 is 2.03 bits per heavy atom. The number of aliphatic hydroxyl groups is 2. The van der Waals surface area contributed by atoms with Crippen LogP contribution < -0.4 is 5.32 Å². The van der Waals surface area contributed by atoms with Gasteiger partial charge in [-0.3, -0.25) is 4.79 Å². The van der Waals surface area contributed by atoms with Crippen LogP contribution in [-0.4, -0.2) is 57.3 Å². The Morgan fingerprint density at radius 1 is 1.33 bits per heavy atom. The van der Waals surface area contributed by atoms with Gasteiger partial charge in [0.2, 0.25) is 0 Å². The molecule has 1 aliphatic rings. The van der Waals surface area contributed by atoms with E-state index in [2.05, 4.69) is 11.9 Å². The lowest BCUT2D eigenvalue weighted by atomic mass is 9.82. The van der Waals surface area contributed by atoms with E-state index in [1.807, 2.05) is 32.0 Å². The molecule has 1 atom stereocenters. The number of nitrogens with one attached hydrogen (secondary N) is 1. The molecule has 3 rings (SSSR count). The first-order valence-corrected chi connectivity index (χ1v) is 11.0. The number of aromatic hydroxyl groups is 1. The van der Waals surface area contributed by atoms with Gasteiger partial charge in [0.15, 0.2) is 5.78 Å². The maximum absolute atomic E-state index is 12.4. The zero-order valence-corrected chi connectivity index (χ0v) is 20.0. The molecule has 2 heterocycles. The third-order valence-corrected chi connectivity index (χ3v) is 6.25. The number of aliphatic hydroxyl groups excluding tert-OH is 1. The second kappa shape index (κ2) is 9.47. The lowest BCUT2D eigenvalue weighted by Crippen LogP contribution is -2.39. The third-order valence-electron chi connectivity index (χ3n) is 6.25. The molecule has 0 fully saturated rings. The van der Waals surface area contributed by atoms with E-state index >= 15 is 0 Å². The number of fused-ring (bicyclic) bond motifs is 2. The fraction of sp³-hybridized carbons (Fsp3) is 0.385. The highest BCUT2D eigenvalue weighted by Crippen LogP contribution is 2.35. The van der Waals surface area contributed by atoms with Crippen molar-refractivity contribution >= 4 is 22.3 Å². The van der Waals surface area contributed by atoms with Crippen LogP contribution in [0, 0.1) is 0 Å². The fourth-order valence-electron chi connectivity index (χ4n) is 4.31. The van der Waals surface area contributed by atoms with Crippen LogP contribution in [0.2, 0.25) is 0 Å². The second-order valence-electron chi connectivity index (χ2n) is 8.84. The van der Waals surface area contributed by atoms with Gasteiger partial charge in [-0.1, -0.05) is 19.6 Å². The molecule has 1 aliphatic heterocycles. The van der Waals surface area contributed by atoms with Gasteiger partial charge < -0.3 is 25.5 Å². The van der Waals surface area contributed by atoms with Crippen LogP contribution in [0.4, 0.5) is 0 Å². The van der Waals surface area contributed by atoms with Crippen molar-refractivity contribution in [1.29, 1.82) is 0 Å². The number of ketones is 1. The molecule has 0 spiro atoms. The SMILES string of the molecule is C=C1NCc2cc3c(CN(C)C)c(O)ccc3nc2/C(C)=C/C(C(O)(CC)C(C)=O)=C1CO. The molecule has 0 saturated heterocycles. The summed E-state index contributed by atoms with van der Waals surface area (Å²) < 4.78 is 0. The largest absolute Gasteiger partial charge is 0.508 e. The number of rotatable bonds is 6. The second-order valence-corrected chi connectivity index (χ2v) is 8.84. The van der Waals surface area contributed by atoms with Crippen molar-refractivity contribution in [2.45, 2.75) is 45.9 Å². The Bertz CT molecular complexity index is 1180.